The fraction of sp³-hybridized carbons (Fsp3) is 0. The summed E-state index contributed by atoms with van der Waals surface area (Å²) in [5, 5.41) is 22.3. The molecule has 0 aliphatic carbocycles. The minimum atomic E-state index is -1.53. The monoisotopic (exact) mass is 439 g/mol. The van der Waals surface area contributed by atoms with Crippen molar-refractivity contribution >= 4 is 34.4 Å². The number of hydrogen-bond donors (Lipinski definition) is 2. The van der Waals surface area contributed by atoms with Gasteiger partial charge >= 0.3 is 7.12 Å². The highest BCUT2D eigenvalue weighted by Gasteiger charge is 2.18. The lowest BCUT2D eigenvalue weighted by atomic mass is 9.74. The molecule has 162 valence electrons. The zero-order valence-corrected chi connectivity index (χ0v) is 18.5. The van der Waals surface area contributed by atoms with Crippen LogP contribution in [0, 0.1) is 0 Å². The Bertz CT molecular complexity index is 1620. The lowest BCUT2D eigenvalue weighted by Crippen LogP contribution is -2.31. The summed E-state index contributed by atoms with van der Waals surface area (Å²) >= 11 is 0. The van der Waals surface area contributed by atoms with Gasteiger partial charge in [0.1, 0.15) is 0 Å². The molecule has 2 N–H and O–H groups in total. The second kappa shape index (κ2) is 8.34. The molecule has 0 bridgehead atoms. The van der Waals surface area contributed by atoms with E-state index in [1.165, 1.54) is 16.3 Å². The average molecular weight is 439 g/mol. The van der Waals surface area contributed by atoms with Crippen molar-refractivity contribution in [3.63, 3.8) is 0 Å². The molecule has 0 radical (unpaired) electrons. The number of fused-ring (bicyclic) bond motifs is 3. The van der Waals surface area contributed by atoms with Crippen LogP contribution in [0.3, 0.4) is 0 Å². The van der Waals surface area contributed by atoms with Crippen molar-refractivity contribution in [1.82, 2.24) is 4.57 Å². The van der Waals surface area contributed by atoms with E-state index in [4.69, 9.17) is 0 Å². The van der Waals surface area contributed by atoms with Gasteiger partial charge in [0, 0.05) is 16.5 Å². The van der Waals surface area contributed by atoms with E-state index in [0.717, 1.165) is 33.5 Å². The van der Waals surface area contributed by atoms with Gasteiger partial charge in [0.05, 0.1) is 11.0 Å². The predicted octanol–water partition coefficient (Wildman–Crippen LogP) is 5.80. The Balaban J connectivity index is 1.57. The second-order valence-corrected chi connectivity index (χ2v) is 8.46. The van der Waals surface area contributed by atoms with Crippen molar-refractivity contribution in [3.8, 4) is 27.9 Å². The molecule has 0 unspecified atom stereocenters. The average Bonchev–Trinajstić information content (AvgIpc) is 3.23. The summed E-state index contributed by atoms with van der Waals surface area (Å²) in [6.45, 7) is 0. The Morgan fingerprint density at radius 2 is 1.12 bits per heavy atom. The zero-order chi connectivity index (χ0) is 23.1. The Labute approximate surface area is 198 Å². The minimum absolute atomic E-state index is 0.497. The highest BCUT2D eigenvalue weighted by molar-refractivity contribution is 6.60. The topological polar surface area (TPSA) is 45.4 Å². The van der Waals surface area contributed by atoms with Crippen LogP contribution in [0.2, 0.25) is 0 Å². The summed E-state index contributed by atoms with van der Waals surface area (Å²) < 4.78 is 2.30. The number of para-hydroxylation sites is 2. The quantitative estimate of drug-likeness (QED) is 0.341. The van der Waals surface area contributed by atoms with Gasteiger partial charge in [-0.15, -0.1) is 0 Å². The molecule has 1 aromatic heterocycles. The van der Waals surface area contributed by atoms with Crippen molar-refractivity contribution in [2.45, 2.75) is 0 Å². The van der Waals surface area contributed by atoms with E-state index in [9.17, 15) is 10.0 Å². The maximum atomic E-state index is 9.95. The highest BCUT2D eigenvalue weighted by Crippen LogP contribution is 2.35. The molecule has 0 spiro atoms. The maximum absolute atomic E-state index is 9.95. The molecule has 0 atom stereocenters. The van der Waals surface area contributed by atoms with E-state index in [-0.39, 0.29) is 0 Å². The van der Waals surface area contributed by atoms with Crippen LogP contribution in [0.25, 0.3) is 49.7 Å². The van der Waals surface area contributed by atoms with Gasteiger partial charge in [0.25, 0.3) is 0 Å². The van der Waals surface area contributed by atoms with Crippen LogP contribution in [0.1, 0.15) is 0 Å². The van der Waals surface area contributed by atoms with Crippen LogP contribution < -0.4 is 5.46 Å². The molecule has 3 nitrogen and oxygen atoms in total. The van der Waals surface area contributed by atoms with Crippen molar-refractivity contribution in [2.24, 2.45) is 0 Å². The molecule has 4 heteroatoms. The third-order valence-electron chi connectivity index (χ3n) is 6.44. The van der Waals surface area contributed by atoms with E-state index < -0.39 is 7.12 Å². The van der Waals surface area contributed by atoms with Crippen molar-refractivity contribution < 1.29 is 10.0 Å². The Hall–Kier alpha value is -4.12. The van der Waals surface area contributed by atoms with Gasteiger partial charge < -0.3 is 14.6 Å². The SMILES string of the molecule is OB(O)c1ccc(-c2ccc3c(c2)c2ccccc2n3-c2ccccc2)cc1-c1ccccc1. The van der Waals surface area contributed by atoms with Gasteiger partial charge in [-0.1, -0.05) is 84.9 Å². The molecule has 0 amide bonds. The predicted molar refractivity (Wildman–Crippen MR) is 141 cm³/mol. The van der Waals surface area contributed by atoms with Crippen LogP contribution in [-0.2, 0) is 0 Å². The molecule has 0 saturated heterocycles. The summed E-state index contributed by atoms with van der Waals surface area (Å²) in [5.41, 5.74) is 7.84. The number of aromatic nitrogens is 1. The van der Waals surface area contributed by atoms with Crippen LogP contribution >= 0.6 is 0 Å². The Morgan fingerprint density at radius 1 is 0.500 bits per heavy atom. The summed E-state index contributed by atoms with van der Waals surface area (Å²) in [7, 11) is -1.53. The molecule has 0 fully saturated rings. The third-order valence-corrected chi connectivity index (χ3v) is 6.44. The molecule has 6 aromatic rings. The third kappa shape index (κ3) is 3.41. The number of hydrogen-bond acceptors (Lipinski definition) is 2. The van der Waals surface area contributed by atoms with Gasteiger partial charge in [-0.05, 0) is 64.1 Å². The van der Waals surface area contributed by atoms with Crippen LogP contribution in [0.15, 0.2) is 121 Å². The molecule has 0 aliphatic heterocycles. The first-order chi connectivity index (χ1) is 16.7. The molecular weight excluding hydrogens is 417 g/mol. The van der Waals surface area contributed by atoms with Gasteiger partial charge in [-0.3, -0.25) is 0 Å². The van der Waals surface area contributed by atoms with Gasteiger partial charge in [0.15, 0.2) is 0 Å². The fourth-order valence-electron chi connectivity index (χ4n) is 4.84. The summed E-state index contributed by atoms with van der Waals surface area (Å²) in [6, 6.07) is 41.1. The van der Waals surface area contributed by atoms with E-state index in [1.807, 2.05) is 48.5 Å². The number of nitrogens with zero attached hydrogens (tertiary/aromatic N) is 1. The zero-order valence-electron chi connectivity index (χ0n) is 18.5. The second-order valence-electron chi connectivity index (χ2n) is 8.46. The van der Waals surface area contributed by atoms with E-state index in [2.05, 4.69) is 71.3 Å². The van der Waals surface area contributed by atoms with Gasteiger partial charge in [-0.2, -0.15) is 0 Å². The summed E-state index contributed by atoms with van der Waals surface area (Å²) in [4.78, 5) is 0. The minimum Gasteiger partial charge on any atom is -0.423 e. The normalized spacial score (nSPS) is 11.2. The molecule has 0 aliphatic rings. The molecule has 0 saturated carbocycles. The summed E-state index contributed by atoms with van der Waals surface area (Å²) in [5.74, 6) is 0. The lowest BCUT2D eigenvalue weighted by molar-refractivity contribution is 0.426. The van der Waals surface area contributed by atoms with E-state index in [0.29, 0.717) is 5.46 Å². The number of rotatable bonds is 4. The summed E-state index contributed by atoms with van der Waals surface area (Å²) in [6.07, 6.45) is 0. The molecule has 34 heavy (non-hydrogen) atoms. The van der Waals surface area contributed by atoms with Crippen LogP contribution in [0.5, 0.6) is 0 Å². The van der Waals surface area contributed by atoms with Crippen molar-refractivity contribution in [2.75, 3.05) is 0 Å². The highest BCUT2D eigenvalue weighted by atomic mass is 16.4. The fourth-order valence-corrected chi connectivity index (χ4v) is 4.84. The Morgan fingerprint density at radius 3 is 1.88 bits per heavy atom. The smallest absolute Gasteiger partial charge is 0.423 e. The van der Waals surface area contributed by atoms with Crippen molar-refractivity contribution in [3.05, 3.63) is 121 Å². The number of benzene rings is 5. The lowest BCUT2D eigenvalue weighted by Gasteiger charge is -2.13. The first-order valence-electron chi connectivity index (χ1n) is 11.4. The van der Waals surface area contributed by atoms with Crippen LogP contribution in [0.4, 0.5) is 0 Å². The van der Waals surface area contributed by atoms with Gasteiger partial charge in [-0.25, -0.2) is 0 Å². The molecule has 5 aromatic carbocycles. The first kappa shape index (κ1) is 20.5. The molecule has 1 heterocycles. The van der Waals surface area contributed by atoms with E-state index >= 15 is 0 Å². The standard InChI is InChI=1S/C30H22BNO2/c33-31(34)28-17-15-22(19-26(28)21-9-3-1-4-10-21)23-16-18-30-27(20-23)25-13-7-8-14-29(25)32(30)24-11-5-2-6-12-24/h1-20,33-34H. The molecule has 6 rings (SSSR count). The first-order valence-corrected chi connectivity index (χ1v) is 11.4. The van der Waals surface area contributed by atoms with Gasteiger partial charge in [0.2, 0.25) is 0 Å². The van der Waals surface area contributed by atoms with Crippen LogP contribution in [-0.4, -0.2) is 21.7 Å². The largest absolute Gasteiger partial charge is 0.489 e. The molecular formula is C30H22BNO2. The van der Waals surface area contributed by atoms with Crippen molar-refractivity contribution in [1.29, 1.82) is 0 Å². The van der Waals surface area contributed by atoms with E-state index in [1.54, 1.807) is 6.07 Å². The Kier molecular flexibility index (Phi) is 5.03. The maximum Gasteiger partial charge on any atom is 0.489 e.